The van der Waals surface area contributed by atoms with Crippen molar-refractivity contribution in [2.45, 2.75) is 4.90 Å². The summed E-state index contributed by atoms with van der Waals surface area (Å²) in [5, 5.41) is 10.5. The highest BCUT2D eigenvalue weighted by Gasteiger charge is 1.93. The molecular weight excluding hydrogens is 172 g/mol. The van der Waals surface area contributed by atoms with Crippen molar-refractivity contribution >= 4 is 10.8 Å². The number of rotatable bonds is 3. The maximum Gasteiger partial charge on any atom is 0.0250 e. The largest absolute Gasteiger partial charge is 0.899 e. The van der Waals surface area contributed by atoms with Crippen LogP contribution in [0, 0.1) is 5.75 Å². The molecule has 0 heterocycles. The van der Waals surface area contributed by atoms with Gasteiger partial charge >= 0.3 is 0 Å². The summed E-state index contributed by atoms with van der Waals surface area (Å²) < 4.78 is 11.2. The van der Waals surface area contributed by atoms with Gasteiger partial charge in [0.05, 0.1) is 0 Å². The van der Waals surface area contributed by atoms with E-state index in [1.807, 2.05) is 6.07 Å². The molecule has 0 aliphatic heterocycles. The van der Waals surface area contributed by atoms with Crippen molar-refractivity contribution in [3.63, 3.8) is 0 Å². The first-order valence-electron chi connectivity index (χ1n) is 3.36. The molecule has 0 radical (unpaired) electrons. The predicted octanol–water partition coefficient (Wildman–Crippen LogP) is 0.830. The molecule has 0 aromatic heterocycles. The van der Waals surface area contributed by atoms with Crippen molar-refractivity contribution in [3.05, 3.63) is 48.4 Å². The van der Waals surface area contributed by atoms with Gasteiger partial charge in [0.15, 0.2) is 0 Å². The average Bonchev–Trinajstić information content (AvgIpc) is 2.05. The van der Waals surface area contributed by atoms with Gasteiger partial charge in [-0.1, -0.05) is 18.2 Å². The summed E-state index contributed by atoms with van der Waals surface area (Å²) in [6.07, 6.45) is 0. The molecule has 1 aromatic rings. The normalized spacial score (nSPS) is 12.0. The first-order valence-corrected chi connectivity index (χ1v) is 4.58. The van der Waals surface area contributed by atoms with E-state index < -0.39 is 16.6 Å². The Morgan fingerprint density at radius 3 is 2.50 bits per heavy atom. The molecule has 1 atom stereocenters. The minimum atomic E-state index is -1.35. The van der Waals surface area contributed by atoms with Crippen molar-refractivity contribution in [1.29, 1.82) is 0 Å². The van der Waals surface area contributed by atoms with Crippen LogP contribution in [-0.4, -0.2) is 4.21 Å². The predicted molar refractivity (Wildman–Crippen MR) is 46.3 cm³/mol. The van der Waals surface area contributed by atoms with Crippen LogP contribution in [-0.2, 0) is 10.8 Å². The van der Waals surface area contributed by atoms with Crippen molar-refractivity contribution in [2.24, 2.45) is 0 Å². The fourth-order valence-electron chi connectivity index (χ4n) is 0.742. The van der Waals surface area contributed by atoms with E-state index in [0.29, 0.717) is 4.90 Å². The lowest BCUT2D eigenvalue weighted by atomic mass is 10.4. The number of hydrogen-bond donors (Lipinski definition) is 0. The highest BCUT2D eigenvalue weighted by Crippen LogP contribution is 2.09. The highest BCUT2D eigenvalue weighted by atomic mass is 32.2. The van der Waals surface area contributed by atoms with Gasteiger partial charge in [0.25, 0.3) is 0 Å². The van der Waals surface area contributed by atoms with Gasteiger partial charge in [-0.3, -0.25) is 16.5 Å². The van der Waals surface area contributed by atoms with Crippen LogP contribution in [0.4, 0.5) is 0 Å². The Morgan fingerprint density at radius 1 is 1.42 bits per heavy atom. The zero-order valence-corrected chi connectivity index (χ0v) is 7.21. The van der Waals surface area contributed by atoms with Crippen molar-refractivity contribution in [2.75, 3.05) is 0 Å². The first kappa shape index (κ1) is 8.87. The average molecular weight is 180 g/mol. The third-order valence-corrected chi connectivity index (χ3v) is 2.43. The second-order valence-corrected chi connectivity index (χ2v) is 3.50. The van der Waals surface area contributed by atoms with Gasteiger partial charge in [-0.05, 0) is 22.9 Å². The van der Waals surface area contributed by atoms with E-state index in [9.17, 15) is 9.32 Å². The van der Waals surface area contributed by atoms with E-state index in [1.165, 1.54) is 0 Å². The van der Waals surface area contributed by atoms with Crippen LogP contribution in [0.1, 0.15) is 0 Å². The standard InChI is InChI=1S/C9H9O2S/c1-8(10)7-12(11)9-5-3-2-4-6-9/h2-7,10H,1H2/q-1/p-1. The van der Waals surface area contributed by atoms with Crippen LogP contribution in [0.3, 0.4) is 0 Å². The number of benzene rings is 1. The van der Waals surface area contributed by atoms with E-state index in [-0.39, 0.29) is 0 Å². The molecular formula is C9H8O2S-2. The summed E-state index contributed by atoms with van der Waals surface area (Å²) in [4.78, 5) is 0.620. The van der Waals surface area contributed by atoms with Crippen molar-refractivity contribution < 1.29 is 9.32 Å². The SMILES string of the molecule is C=C([O-])[CH-]S(=O)c1ccccc1. The molecule has 0 saturated carbocycles. The van der Waals surface area contributed by atoms with Gasteiger partial charge in [0.2, 0.25) is 0 Å². The van der Waals surface area contributed by atoms with Gasteiger partial charge in [-0.25, -0.2) is 0 Å². The molecule has 0 spiro atoms. The minimum Gasteiger partial charge on any atom is -0.899 e. The molecule has 3 heteroatoms. The minimum absolute atomic E-state index is 0.419. The molecule has 0 fully saturated rings. The van der Waals surface area contributed by atoms with E-state index in [2.05, 4.69) is 6.58 Å². The molecule has 0 N–H and O–H groups in total. The Balaban J connectivity index is 2.73. The van der Waals surface area contributed by atoms with Gasteiger partial charge < -0.3 is 5.11 Å². The van der Waals surface area contributed by atoms with Crippen LogP contribution in [0.25, 0.3) is 0 Å². The molecule has 2 nitrogen and oxygen atoms in total. The lowest BCUT2D eigenvalue weighted by Gasteiger charge is -2.17. The van der Waals surface area contributed by atoms with Crippen LogP contribution < -0.4 is 5.11 Å². The monoisotopic (exact) mass is 180 g/mol. The molecule has 0 amide bonds. The zero-order chi connectivity index (χ0) is 8.97. The van der Waals surface area contributed by atoms with Gasteiger partial charge in [0, 0.05) is 4.90 Å². The van der Waals surface area contributed by atoms with Crippen molar-refractivity contribution in [1.82, 2.24) is 0 Å². The molecule has 64 valence electrons. The molecule has 1 aromatic carbocycles. The van der Waals surface area contributed by atoms with E-state index in [4.69, 9.17) is 0 Å². The van der Waals surface area contributed by atoms with Crippen LogP contribution in [0.15, 0.2) is 47.6 Å². The second kappa shape index (κ2) is 3.97. The van der Waals surface area contributed by atoms with E-state index >= 15 is 0 Å². The van der Waals surface area contributed by atoms with Gasteiger partial charge in [-0.15, -0.1) is 5.75 Å². The zero-order valence-electron chi connectivity index (χ0n) is 6.40. The summed E-state index contributed by atoms with van der Waals surface area (Å²) in [5.41, 5.74) is 0. The molecule has 0 aliphatic carbocycles. The topological polar surface area (TPSA) is 40.1 Å². The van der Waals surface area contributed by atoms with Gasteiger partial charge in [0.1, 0.15) is 0 Å². The highest BCUT2D eigenvalue weighted by molar-refractivity contribution is 7.87. The lowest BCUT2D eigenvalue weighted by Crippen LogP contribution is -2.05. The molecule has 12 heavy (non-hydrogen) atoms. The fraction of sp³-hybridized carbons (Fsp3) is 0. The quantitative estimate of drug-likeness (QED) is 0.510. The molecule has 0 aliphatic rings. The smallest absolute Gasteiger partial charge is 0.0250 e. The second-order valence-electron chi connectivity index (χ2n) is 2.19. The lowest BCUT2D eigenvalue weighted by molar-refractivity contribution is -0.295. The Bertz CT molecular complexity index is 293. The summed E-state index contributed by atoms with van der Waals surface area (Å²) in [5.74, 6) is 0.673. The maximum atomic E-state index is 11.2. The maximum absolute atomic E-state index is 11.2. The Morgan fingerprint density at radius 2 is 2.00 bits per heavy atom. The summed E-state index contributed by atoms with van der Waals surface area (Å²) >= 11 is 0. The summed E-state index contributed by atoms with van der Waals surface area (Å²) in [6, 6.07) is 8.78. The van der Waals surface area contributed by atoms with Gasteiger partial charge in [-0.2, -0.15) is 0 Å². The third kappa shape index (κ3) is 2.43. The fourth-order valence-corrected chi connectivity index (χ4v) is 1.54. The summed E-state index contributed by atoms with van der Waals surface area (Å²) in [7, 11) is -1.35. The van der Waals surface area contributed by atoms with Crippen LogP contribution in [0.2, 0.25) is 0 Å². The Labute approximate surface area is 74.0 Å². The summed E-state index contributed by atoms with van der Waals surface area (Å²) in [6.45, 7) is 3.12. The van der Waals surface area contributed by atoms with E-state index in [1.54, 1.807) is 24.3 Å². The Hall–Kier alpha value is -1.22. The number of hydrogen-bond acceptors (Lipinski definition) is 2. The molecule has 0 bridgehead atoms. The molecule has 0 saturated heterocycles. The van der Waals surface area contributed by atoms with Crippen LogP contribution in [0.5, 0.6) is 0 Å². The van der Waals surface area contributed by atoms with Crippen LogP contribution >= 0.6 is 0 Å². The molecule has 1 rings (SSSR count). The first-order chi connectivity index (χ1) is 5.70. The van der Waals surface area contributed by atoms with E-state index in [0.717, 1.165) is 5.75 Å². The van der Waals surface area contributed by atoms with Crippen molar-refractivity contribution in [3.8, 4) is 0 Å². The Kier molecular flexibility index (Phi) is 2.94. The third-order valence-electron chi connectivity index (χ3n) is 1.21. The molecule has 1 unspecified atom stereocenters.